The number of allylic oxidation sites excluding steroid dienone is 8. The van der Waals surface area contributed by atoms with E-state index in [0.717, 1.165) is 38.5 Å². The molecule has 25 heavy (non-hydrogen) atoms. The fourth-order valence-electron chi connectivity index (χ4n) is 1.94. The topological polar surface area (TPSA) is 74.6 Å². The molecule has 0 heterocycles. The largest absolute Gasteiger partial charge is 2.00 e. The van der Waals surface area contributed by atoms with Crippen LogP contribution >= 0.6 is 0 Å². The summed E-state index contributed by atoms with van der Waals surface area (Å²) in [5.74, 6) is -1.42. The smallest absolute Gasteiger partial charge is 0.481 e. The second kappa shape index (κ2) is 17.4. The van der Waals surface area contributed by atoms with Crippen LogP contribution in [0.25, 0.3) is 0 Å². The molecule has 0 bridgehead atoms. The summed E-state index contributed by atoms with van der Waals surface area (Å²) in [6.45, 7) is 3.68. The van der Waals surface area contributed by atoms with Gasteiger partial charge in [-0.05, 0) is 12.8 Å². The van der Waals surface area contributed by atoms with Crippen molar-refractivity contribution >= 4 is 11.9 Å². The molecule has 0 unspecified atom stereocenters. The fourth-order valence-corrected chi connectivity index (χ4v) is 1.94. The third-order valence-electron chi connectivity index (χ3n) is 3.12. The molecule has 2 aliphatic rings. The average molecular weight is 380 g/mol. The van der Waals surface area contributed by atoms with Crippen molar-refractivity contribution in [3.05, 3.63) is 47.6 Å². The van der Waals surface area contributed by atoms with E-state index < -0.39 is 11.9 Å². The molecule has 2 N–H and O–H groups in total. The minimum atomic E-state index is -0.711. The van der Waals surface area contributed by atoms with E-state index in [1.54, 1.807) is 0 Å². The standard InChI is InChI=1S/C12H12.2C4H8O2.Ti/c1-2-6-11(5-1)9-10-12-7-3-4-8-12;2*1-2-3-4(5)6;/h1,3,5,7H,2,4,9-10H2;2*2-3H2,1H3,(H,5,6);/q-2;;;+2. The Hall–Kier alpha value is -1.39. The van der Waals surface area contributed by atoms with E-state index in [9.17, 15) is 9.59 Å². The molecule has 0 aromatic heterocycles. The molecular weight excluding hydrogens is 352 g/mol. The molecule has 0 fully saturated rings. The first-order chi connectivity index (χ1) is 11.5. The maximum atomic E-state index is 9.60. The van der Waals surface area contributed by atoms with Gasteiger partial charge in [0.15, 0.2) is 0 Å². The Morgan fingerprint density at radius 3 is 1.40 bits per heavy atom. The van der Waals surface area contributed by atoms with Crippen LogP contribution in [0.15, 0.2) is 35.5 Å². The maximum Gasteiger partial charge on any atom is 2.00 e. The van der Waals surface area contributed by atoms with Gasteiger partial charge < -0.3 is 10.2 Å². The zero-order chi connectivity index (χ0) is 18.2. The number of carboxylic acids is 2. The molecule has 5 heteroatoms. The molecule has 0 radical (unpaired) electrons. The van der Waals surface area contributed by atoms with Gasteiger partial charge in [0.25, 0.3) is 0 Å². The van der Waals surface area contributed by atoms with Crippen molar-refractivity contribution in [1.82, 2.24) is 0 Å². The van der Waals surface area contributed by atoms with Gasteiger partial charge in [-0.1, -0.05) is 26.7 Å². The van der Waals surface area contributed by atoms with Crippen molar-refractivity contribution < 1.29 is 41.5 Å². The third-order valence-corrected chi connectivity index (χ3v) is 3.12. The Bertz CT molecular complexity index is 456. The molecule has 0 aromatic carbocycles. The normalized spacial score (nSPS) is 13.5. The fraction of sp³-hybridized carbons (Fsp3) is 0.500. The van der Waals surface area contributed by atoms with E-state index in [1.807, 2.05) is 13.8 Å². The number of hydrogen-bond acceptors (Lipinski definition) is 2. The summed E-state index contributed by atoms with van der Waals surface area (Å²) in [5, 5.41) is 15.8. The number of carbonyl (C=O) groups is 2. The van der Waals surface area contributed by atoms with E-state index in [4.69, 9.17) is 10.2 Å². The summed E-state index contributed by atoms with van der Waals surface area (Å²) in [5.41, 5.74) is 2.73. The summed E-state index contributed by atoms with van der Waals surface area (Å²) >= 11 is 0. The predicted octanol–water partition coefficient (Wildman–Crippen LogP) is 4.89. The molecule has 0 spiro atoms. The summed E-state index contributed by atoms with van der Waals surface area (Å²) < 4.78 is 0. The molecular formula is C20H28O4Ti. The molecule has 2 aliphatic carbocycles. The van der Waals surface area contributed by atoms with Gasteiger partial charge in [0, 0.05) is 12.8 Å². The Kier molecular flexibility index (Phi) is 18.0. The van der Waals surface area contributed by atoms with Gasteiger partial charge in [-0.15, -0.1) is 12.8 Å². The molecule has 0 amide bonds. The summed E-state index contributed by atoms with van der Waals surface area (Å²) in [4.78, 5) is 19.2. The molecule has 2 rings (SSSR count). The van der Waals surface area contributed by atoms with Crippen molar-refractivity contribution in [2.45, 2.75) is 65.2 Å². The van der Waals surface area contributed by atoms with Gasteiger partial charge in [-0.2, -0.15) is 12.2 Å². The predicted molar refractivity (Wildman–Crippen MR) is 95.3 cm³/mol. The van der Waals surface area contributed by atoms with Crippen LogP contribution < -0.4 is 0 Å². The van der Waals surface area contributed by atoms with E-state index in [2.05, 4.69) is 36.5 Å². The zero-order valence-electron chi connectivity index (χ0n) is 15.2. The van der Waals surface area contributed by atoms with Crippen LogP contribution in [0.5, 0.6) is 0 Å². The van der Waals surface area contributed by atoms with Crippen LogP contribution in [-0.2, 0) is 31.3 Å². The summed E-state index contributed by atoms with van der Waals surface area (Å²) in [6, 6.07) is 0. The van der Waals surface area contributed by atoms with Crippen LogP contribution in [0, 0.1) is 12.2 Å². The Balaban J connectivity index is 0. The molecule has 4 nitrogen and oxygen atoms in total. The number of hydrogen-bond donors (Lipinski definition) is 2. The molecule has 0 saturated carbocycles. The van der Waals surface area contributed by atoms with Crippen molar-refractivity contribution in [2.24, 2.45) is 0 Å². The quantitative estimate of drug-likeness (QED) is 0.487. The summed E-state index contributed by atoms with van der Waals surface area (Å²) in [7, 11) is 0. The van der Waals surface area contributed by atoms with Crippen LogP contribution in [0.1, 0.15) is 65.2 Å². The van der Waals surface area contributed by atoms with Crippen molar-refractivity contribution in [1.29, 1.82) is 0 Å². The Morgan fingerprint density at radius 2 is 1.24 bits per heavy atom. The maximum absolute atomic E-state index is 9.60. The minimum Gasteiger partial charge on any atom is -0.481 e. The van der Waals surface area contributed by atoms with Crippen molar-refractivity contribution in [2.75, 3.05) is 0 Å². The molecule has 0 aliphatic heterocycles. The summed E-state index contributed by atoms with van der Waals surface area (Å²) in [6.07, 6.45) is 21.6. The SMILES string of the molecule is CCCC(=O)O.CCCC(=O)O.[C-]1=C(CCC2=[C-]CC=C2)C=CC1.[Ti+2]. The molecule has 0 atom stereocenters. The van der Waals surface area contributed by atoms with Gasteiger partial charge in [-0.25, -0.2) is 23.3 Å². The van der Waals surface area contributed by atoms with Gasteiger partial charge >= 0.3 is 33.7 Å². The third kappa shape index (κ3) is 17.2. The van der Waals surface area contributed by atoms with E-state index >= 15 is 0 Å². The Morgan fingerprint density at radius 1 is 0.880 bits per heavy atom. The van der Waals surface area contributed by atoms with Gasteiger partial charge in [0.05, 0.1) is 0 Å². The van der Waals surface area contributed by atoms with Gasteiger partial charge in [0.1, 0.15) is 0 Å². The second-order valence-electron chi connectivity index (χ2n) is 5.40. The van der Waals surface area contributed by atoms with E-state index in [-0.39, 0.29) is 21.7 Å². The molecule has 0 saturated heterocycles. The minimum absolute atomic E-state index is 0. The van der Waals surface area contributed by atoms with Gasteiger partial charge in [-0.3, -0.25) is 21.7 Å². The number of carboxylic acid groups (broad SMARTS) is 2. The van der Waals surface area contributed by atoms with Crippen LogP contribution in [0.3, 0.4) is 0 Å². The first kappa shape index (κ1) is 25.8. The van der Waals surface area contributed by atoms with Crippen LogP contribution in [0.2, 0.25) is 0 Å². The van der Waals surface area contributed by atoms with E-state index in [1.165, 1.54) is 11.1 Å². The van der Waals surface area contributed by atoms with Crippen molar-refractivity contribution in [3.8, 4) is 0 Å². The number of rotatable bonds is 7. The molecule has 0 aromatic rings. The Labute approximate surface area is 166 Å². The van der Waals surface area contributed by atoms with Gasteiger partial charge in [0.2, 0.25) is 0 Å². The number of aliphatic carboxylic acids is 2. The average Bonchev–Trinajstić information content (AvgIpc) is 3.20. The van der Waals surface area contributed by atoms with Crippen molar-refractivity contribution in [3.63, 3.8) is 0 Å². The first-order valence-corrected chi connectivity index (χ1v) is 8.45. The van der Waals surface area contributed by atoms with E-state index in [0.29, 0.717) is 12.8 Å². The second-order valence-corrected chi connectivity index (χ2v) is 5.40. The first-order valence-electron chi connectivity index (χ1n) is 8.45. The zero-order valence-corrected chi connectivity index (χ0v) is 16.7. The van der Waals surface area contributed by atoms with Crippen LogP contribution in [0.4, 0.5) is 0 Å². The monoisotopic (exact) mass is 380 g/mol. The van der Waals surface area contributed by atoms with Crippen LogP contribution in [-0.4, -0.2) is 22.2 Å². The molecule has 136 valence electrons.